The summed E-state index contributed by atoms with van der Waals surface area (Å²) in [5.74, 6) is -0.373. The number of nitrogens with one attached hydrogen (secondary N) is 2. The molecule has 2 unspecified atom stereocenters. The molecule has 0 heterocycles. The summed E-state index contributed by atoms with van der Waals surface area (Å²) in [6, 6.07) is 0.138. The third-order valence-corrected chi connectivity index (χ3v) is 2.70. The molecule has 0 spiro atoms. The van der Waals surface area contributed by atoms with Crippen LogP contribution in [0.5, 0.6) is 0 Å². The Morgan fingerprint density at radius 2 is 1.85 bits per heavy atom. The Morgan fingerprint density at radius 1 is 1.30 bits per heavy atom. The van der Waals surface area contributed by atoms with E-state index in [0.717, 1.165) is 6.42 Å². The molecule has 0 saturated carbocycles. The number of hydrogen-bond acceptors (Lipinski definition) is 5. The first-order chi connectivity index (χ1) is 9.35. The van der Waals surface area contributed by atoms with Crippen molar-refractivity contribution in [2.45, 2.75) is 53.2 Å². The molecule has 0 aliphatic carbocycles. The van der Waals surface area contributed by atoms with E-state index < -0.39 is 11.5 Å². The second kappa shape index (κ2) is 12.1. The van der Waals surface area contributed by atoms with Gasteiger partial charge >= 0.3 is 0 Å². The van der Waals surface area contributed by atoms with Gasteiger partial charge in [0.25, 0.3) is 0 Å². The van der Waals surface area contributed by atoms with E-state index in [1.807, 2.05) is 20.8 Å². The van der Waals surface area contributed by atoms with Crippen LogP contribution in [0.4, 0.5) is 0 Å². The first kappa shape index (κ1) is 21.6. The zero-order chi connectivity index (χ0) is 16.2. The Hall–Kier alpha value is -0.690. The monoisotopic (exact) mass is 292 g/mol. The molecule has 6 nitrogen and oxygen atoms in total. The molecule has 0 bridgehead atoms. The minimum atomic E-state index is -1.08. The lowest BCUT2D eigenvalue weighted by Crippen LogP contribution is -2.46. The molecule has 0 rings (SSSR count). The van der Waals surface area contributed by atoms with Gasteiger partial charge in [-0.2, -0.15) is 0 Å². The van der Waals surface area contributed by atoms with Gasteiger partial charge in [-0.3, -0.25) is 4.79 Å². The number of methoxy groups -OCH3 is 1. The Balaban J connectivity index is 0. The molecule has 122 valence electrons. The van der Waals surface area contributed by atoms with Gasteiger partial charge in [0.2, 0.25) is 5.91 Å². The van der Waals surface area contributed by atoms with Crippen molar-refractivity contribution in [1.29, 1.82) is 0 Å². The van der Waals surface area contributed by atoms with Gasteiger partial charge < -0.3 is 20.0 Å². The van der Waals surface area contributed by atoms with E-state index in [0.29, 0.717) is 13.2 Å². The smallest absolute Gasteiger partial charge is 0.249 e. The highest BCUT2D eigenvalue weighted by molar-refractivity contribution is 5.81. The first-order valence-electron chi connectivity index (χ1n) is 7.08. The standard InChI is InChI=1S/C12H26N2O4.C2H6/c1-9(14-18-5)6-7-13-11(16)10(15)12(2,3)8-17-4;1-2/h9-10,14-15H,6-8H2,1-5H3,(H,13,16);1-2H3. The normalized spacial score (nSPS) is 14.0. The molecule has 0 aliphatic heterocycles. The minimum Gasteiger partial charge on any atom is -0.384 e. The fourth-order valence-corrected chi connectivity index (χ4v) is 1.57. The summed E-state index contributed by atoms with van der Waals surface area (Å²) in [5, 5.41) is 12.6. The fraction of sp³-hybridized carbons (Fsp3) is 0.929. The molecule has 2 atom stereocenters. The Morgan fingerprint density at radius 3 is 2.30 bits per heavy atom. The SMILES string of the molecule is CC.COCC(C)(C)C(O)C(=O)NCCC(C)NOC. The molecular formula is C14H32N2O4. The van der Waals surface area contributed by atoms with Crippen molar-refractivity contribution in [3.05, 3.63) is 0 Å². The van der Waals surface area contributed by atoms with Crippen LogP contribution in [-0.2, 0) is 14.4 Å². The highest BCUT2D eigenvalue weighted by Crippen LogP contribution is 2.20. The van der Waals surface area contributed by atoms with E-state index in [1.54, 1.807) is 28.1 Å². The highest BCUT2D eigenvalue weighted by Gasteiger charge is 2.33. The minimum absolute atomic E-state index is 0.138. The van der Waals surface area contributed by atoms with E-state index in [9.17, 15) is 9.90 Å². The van der Waals surface area contributed by atoms with Crippen LogP contribution in [0.2, 0.25) is 0 Å². The number of aliphatic hydroxyl groups excluding tert-OH is 1. The molecule has 0 aromatic rings. The number of hydrogen-bond donors (Lipinski definition) is 3. The van der Waals surface area contributed by atoms with Gasteiger partial charge in [0, 0.05) is 25.1 Å². The number of rotatable bonds is 9. The molecule has 0 aromatic carbocycles. The van der Waals surface area contributed by atoms with Gasteiger partial charge in [-0.15, -0.1) is 0 Å². The Bertz CT molecular complexity index is 247. The maximum absolute atomic E-state index is 11.7. The van der Waals surface area contributed by atoms with Gasteiger partial charge in [-0.25, -0.2) is 5.48 Å². The summed E-state index contributed by atoms with van der Waals surface area (Å²) >= 11 is 0. The van der Waals surface area contributed by atoms with Gasteiger partial charge in [0.05, 0.1) is 13.7 Å². The van der Waals surface area contributed by atoms with Crippen LogP contribution in [0.3, 0.4) is 0 Å². The molecule has 3 N–H and O–H groups in total. The predicted molar refractivity (Wildman–Crippen MR) is 80.2 cm³/mol. The predicted octanol–water partition coefficient (Wildman–Crippen LogP) is 1.09. The van der Waals surface area contributed by atoms with Crippen molar-refractivity contribution < 1.29 is 19.5 Å². The van der Waals surface area contributed by atoms with E-state index >= 15 is 0 Å². The first-order valence-corrected chi connectivity index (χ1v) is 7.08. The van der Waals surface area contributed by atoms with Gasteiger partial charge in [-0.05, 0) is 13.3 Å². The zero-order valence-electron chi connectivity index (χ0n) is 13.9. The van der Waals surface area contributed by atoms with Crippen LogP contribution in [0, 0.1) is 5.41 Å². The number of carbonyl (C=O) groups excluding carboxylic acids is 1. The summed E-state index contributed by atoms with van der Waals surface area (Å²) in [7, 11) is 3.09. The summed E-state index contributed by atoms with van der Waals surface area (Å²) in [4.78, 5) is 16.5. The second-order valence-electron chi connectivity index (χ2n) is 5.13. The van der Waals surface area contributed by atoms with Gasteiger partial charge in [0.1, 0.15) is 6.10 Å². The molecule has 0 radical (unpaired) electrons. The quantitative estimate of drug-likeness (QED) is 0.554. The van der Waals surface area contributed by atoms with Crippen LogP contribution in [0.15, 0.2) is 0 Å². The lowest BCUT2D eigenvalue weighted by atomic mass is 9.87. The maximum Gasteiger partial charge on any atom is 0.249 e. The van der Waals surface area contributed by atoms with E-state index in [1.165, 1.54) is 0 Å². The van der Waals surface area contributed by atoms with Crippen molar-refractivity contribution in [2.24, 2.45) is 5.41 Å². The lowest BCUT2D eigenvalue weighted by Gasteiger charge is -2.28. The zero-order valence-corrected chi connectivity index (χ0v) is 13.9. The molecule has 1 amide bonds. The van der Waals surface area contributed by atoms with E-state index in [2.05, 4.69) is 10.8 Å². The molecule has 0 saturated heterocycles. The van der Waals surface area contributed by atoms with Crippen LogP contribution in [-0.4, -0.2) is 50.5 Å². The van der Waals surface area contributed by atoms with Crippen LogP contribution in [0.25, 0.3) is 0 Å². The Labute approximate surface area is 123 Å². The average Bonchev–Trinajstić information content (AvgIpc) is 2.40. The largest absolute Gasteiger partial charge is 0.384 e. The number of hydroxylamine groups is 1. The number of aliphatic hydroxyl groups is 1. The molecule has 20 heavy (non-hydrogen) atoms. The van der Waals surface area contributed by atoms with Crippen molar-refractivity contribution in [1.82, 2.24) is 10.8 Å². The van der Waals surface area contributed by atoms with Crippen LogP contribution in [0.1, 0.15) is 41.0 Å². The molecular weight excluding hydrogens is 260 g/mol. The highest BCUT2D eigenvalue weighted by atomic mass is 16.6. The van der Waals surface area contributed by atoms with Gasteiger partial charge in [0.15, 0.2) is 0 Å². The topological polar surface area (TPSA) is 79.8 Å². The average molecular weight is 292 g/mol. The van der Waals surface area contributed by atoms with Crippen molar-refractivity contribution >= 4 is 5.91 Å². The second-order valence-corrected chi connectivity index (χ2v) is 5.13. The summed E-state index contributed by atoms with van der Waals surface area (Å²) < 4.78 is 4.99. The van der Waals surface area contributed by atoms with Crippen molar-refractivity contribution in [3.63, 3.8) is 0 Å². The lowest BCUT2D eigenvalue weighted by molar-refractivity contribution is -0.137. The van der Waals surface area contributed by atoms with E-state index in [-0.39, 0.29) is 11.9 Å². The maximum atomic E-state index is 11.7. The molecule has 0 aliphatic rings. The third kappa shape index (κ3) is 9.25. The third-order valence-electron chi connectivity index (χ3n) is 2.70. The molecule has 0 aromatic heterocycles. The van der Waals surface area contributed by atoms with Gasteiger partial charge in [-0.1, -0.05) is 27.7 Å². The molecule has 6 heteroatoms. The summed E-state index contributed by atoms with van der Waals surface area (Å²) in [6.45, 7) is 10.3. The summed E-state index contributed by atoms with van der Waals surface area (Å²) in [5.41, 5.74) is 2.16. The Kier molecular flexibility index (Phi) is 13.1. The van der Waals surface area contributed by atoms with Crippen molar-refractivity contribution in [2.75, 3.05) is 27.4 Å². The summed E-state index contributed by atoms with van der Waals surface area (Å²) in [6.07, 6.45) is -0.361. The molecule has 0 fully saturated rings. The number of carbonyl (C=O) groups is 1. The number of amides is 1. The van der Waals surface area contributed by atoms with E-state index in [4.69, 9.17) is 9.57 Å². The van der Waals surface area contributed by atoms with Crippen molar-refractivity contribution in [3.8, 4) is 0 Å². The van der Waals surface area contributed by atoms with Crippen LogP contribution < -0.4 is 10.8 Å². The van der Waals surface area contributed by atoms with Crippen LogP contribution >= 0.6 is 0 Å². The fourth-order valence-electron chi connectivity index (χ4n) is 1.57. The number of ether oxygens (including phenoxy) is 1.